The van der Waals surface area contributed by atoms with Crippen molar-refractivity contribution in [2.24, 2.45) is 0 Å². The van der Waals surface area contributed by atoms with Crippen molar-refractivity contribution < 1.29 is 8.42 Å². The van der Waals surface area contributed by atoms with Crippen LogP contribution in [0.2, 0.25) is 0 Å². The lowest BCUT2D eigenvalue weighted by atomic mass is 10.2. The average Bonchev–Trinajstić information content (AvgIpc) is 2.72. The number of benzene rings is 1. The van der Waals surface area contributed by atoms with E-state index in [2.05, 4.69) is 4.72 Å². The molecule has 0 fully saturated rings. The fourth-order valence-corrected chi connectivity index (χ4v) is 4.93. The van der Waals surface area contributed by atoms with Crippen molar-refractivity contribution in [1.29, 1.82) is 0 Å². The number of sulfonamides is 1. The largest absolute Gasteiger partial charge is 0.308 e. The van der Waals surface area contributed by atoms with E-state index in [1.165, 1.54) is 0 Å². The number of fused-ring (bicyclic) bond motifs is 1. The Labute approximate surface area is 135 Å². The Morgan fingerprint density at radius 2 is 1.95 bits per heavy atom. The molecule has 5 nitrogen and oxygen atoms in total. The lowest BCUT2D eigenvalue weighted by Crippen LogP contribution is -2.32. The molecular formula is C15H22N2O3S2. The zero-order valence-electron chi connectivity index (χ0n) is 13.3. The molecule has 0 aliphatic rings. The average molecular weight is 342 g/mol. The molecule has 0 amide bonds. The number of thiazole rings is 1. The Morgan fingerprint density at radius 3 is 2.55 bits per heavy atom. The van der Waals surface area contributed by atoms with Gasteiger partial charge in [-0.05, 0) is 45.4 Å². The smallest absolute Gasteiger partial charge is 0.296 e. The van der Waals surface area contributed by atoms with Crippen LogP contribution in [0.1, 0.15) is 46.6 Å². The second kappa shape index (κ2) is 6.52. The molecule has 0 radical (unpaired) electrons. The predicted octanol–water partition coefficient (Wildman–Crippen LogP) is 3.11. The molecule has 0 unspecified atom stereocenters. The summed E-state index contributed by atoms with van der Waals surface area (Å²) in [5, 5.41) is 0. The molecule has 1 N–H and O–H groups in total. The molecule has 0 bridgehead atoms. The maximum atomic E-state index is 12.4. The summed E-state index contributed by atoms with van der Waals surface area (Å²) in [6.45, 7) is 7.74. The fourth-order valence-electron chi connectivity index (χ4n) is 2.50. The van der Waals surface area contributed by atoms with Gasteiger partial charge in [0.2, 0.25) is 10.0 Å². The number of rotatable bonds is 6. The van der Waals surface area contributed by atoms with Crippen LogP contribution in [0.15, 0.2) is 27.9 Å². The van der Waals surface area contributed by atoms with Gasteiger partial charge in [0.05, 0.1) is 15.1 Å². The number of nitrogens with zero attached hydrogens (tertiary/aromatic N) is 1. The normalized spacial score (nSPS) is 13.9. The molecule has 22 heavy (non-hydrogen) atoms. The fraction of sp³-hybridized carbons (Fsp3) is 0.533. The number of hydrogen-bond acceptors (Lipinski definition) is 4. The molecule has 1 aromatic carbocycles. The lowest BCUT2D eigenvalue weighted by Gasteiger charge is -2.13. The third-order valence-electron chi connectivity index (χ3n) is 3.49. The quantitative estimate of drug-likeness (QED) is 0.877. The Kier molecular flexibility index (Phi) is 5.09. The highest BCUT2D eigenvalue weighted by molar-refractivity contribution is 7.89. The first-order valence-electron chi connectivity index (χ1n) is 7.43. The van der Waals surface area contributed by atoms with Gasteiger partial charge in [0.15, 0.2) is 0 Å². The number of aromatic nitrogens is 1. The van der Waals surface area contributed by atoms with Gasteiger partial charge in [-0.3, -0.25) is 9.36 Å². The molecule has 2 rings (SSSR count). The predicted molar refractivity (Wildman–Crippen MR) is 91.2 cm³/mol. The first-order valence-corrected chi connectivity index (χ1v) is 9.73. The molecule has 7 heteroatoms. The number of hydrogen-bond donors (Lipinski definition) is 1. The molecule has 1 aromatic heterocycles. The Balaban J connectivity index is 2.44. The van der Waals surface area contributed by atoms with Crippen LogP contribution in [0, 0.1) is 0 Å². The third-order valence-corrected chi connectivity index (χ3v) is 5.99. The van der Waals surface area contributed by atoms with E-state index in [4.69, 9.17) is 0 Å². The van der Waals surface area contributed by atoms with Gasteiger partial charge in [0, 0.05) is 12.1 Å². The summed E-state index contributed by atoms with van der Waals surface area (Å²) in [4.78, 5) is 12.2. The van der Waals surface area contributed by atoms with Gasteiger partial charge >= 0.3 is 4.87 Å². The van der Waals surface area contributed by atoms with Crippen molar-refractivity contribution in [3.8, 4) is 0 Å². The molecule has 0 aliphatic carbocycles. The molecule has 122 valence electrons. The van der Waals surface area contributed by atoms with Gasteiger partial charge in [-0.1, -0.05) is 24.7 Å². The van der Waals surface area contributed by atoms with Crippen LogP contribution in [0.4, 0.5) is 0 Å². The van der Waals surface area contributed by atoms with E-state index in [9.17, 15) is 13.2 Å². The first kappa shape index (κ1) is 17.2. The molecule has 0 spiro atoms. The third kappa shape index (κ3) is 3.42. The van der Waals surface area contributed by atoms with Crippen molar-refractivity contribution in [2.75, 3.05) is 0 Å². The molecule has 0 saturated heterocycles. The van der Waals surface area contributed by atoms with Crippen LogP contribution in [0.5, 0.6) is 0 Å². The van der Waals surface area contributed by atoms with Crippen molar-refractivity contribution >= 4 is 31.6 Å². The lowest BCUT2D eigenvalue weighted by molar-refractivity contribution is 0.544. The summed E-state index contributed by atoms with van der Waals surface area (Å²) in [6.07, 6.45) is 1.71. The van der Waals surface area contributed by atoms with E-state index in [1.54, 1.807) is 22.8 Å². The Bertz CT molecular complexity index is 819. The standard InChI is InChI=1S/C15H22N2O3S2/c1-5-6-11(4)16-22(19,20)12-7-8-13-14(9-12)21-15(18)17(13)10(2)3/h7-11,16H,5-6H2,1-4H3/t11-/m1/s1. The van der Waals surface area contributed by atoms with Crippen LogP contribution < -0.4 is 9.60 Å². The maximum absolute atomic E-state index is 12.4. The van der Waals surface area contributed by atoms with Gasteiger partial charge in [0.1, 0.15) is 0 Å². The molecule has 1 heterocycles. The summed E-state index contributed by atoms with van der Waals surface area (Å²) in [7, 11) is -3.55. The van der Waals surface area contributed by atoms with Crippen molar-refractivity contribution in [3.05, 3.63) is 27.9 Å². The van der Waals surface area contributed by atoms with Crippen molar-refractivity contribution in [1.82, 2.24) is 9.29 Å². The van der Waals surface area contributed by atoms with Crippen LogP contribution in [0.25, 0.3) is 10.2 Å². The highest BCUT2D eigenvalue weighted by Gasteiger charge is 2.19. The van der Waals surface area contributed by atoms with Crippen LogP contribution in [-0.4, -0.2) is 19.0 Å². The summed E-state index contributed by atoms with van der Waals surface area (Å²) in [5.74, 6) is 0. The molecular weight excluding hydrogens is 320 g/mol. The van der Waals surface area contributed by atoms with E-state index in [1.807, 2.05) is 27.7 Å². The van der Waals surface area contributed by atoms with E-state index < -0.39 is 10.0 Å². The molecule has 0 saturated carbocycles. The summed E-state index contributed by atoms with van der Waals surface area (Å²) < 4.78 is 29.8. The molecule has 1 atom stereocenters. The number of nitrogens with one attached hydrogen (secondary N) is 1. The van der Waals surface area contributed by atoms with E-state index in [0.29, 0.717) is 4.70 Å². The summed E-state index contributed by atoms with van der Waals surface area (Å²) >= 11 is 1.08. The van der Waals surface area contributed by atoms with Crippen LogP contribution >= 0.6 is 11.3 Å². The second-order valence-corrected chi connectivity index (χ2v) is 8.48. The van der Waals surface area contributed by atoms with Gasteiger partial charge in [-0.25, -0.2) is 13.1 Å². The first-order chi connectivity index (χ1) is 10.3. The second-order valence-electron chi connectivity index (χ2n) is 5.77. The van der Waals surface area contributed by atoms with Crippen LogP contribution in [0.3, 0.4) is 0 Å². The zero-order valence-corrected chi connectivity index (χ0v) is 14.9. The van der Waals surface area contributed by atoms with Crippen molar-refractivity contribution in [3.63, 3.8) is 0 Å². The minimum atomic E-state index is -3.55. The monoisotopic (exact) mass is 342 g/mol. The van der Waals surface area contributed by atoms with E-state index in [0.717, 1.165) is 29.7 Å². The Morgan fingerprint density at radius 1 is 1.27 bits per heavy atom. The van der Waals surface area contributed by atoms with E-state index >= 15 is 0 Å². The van der Waals surface area contributed by atoms with Crippen LogP contribution in [-0.2, 0) is 10.0 Å². The minimum absolute atomic E-state index is 0.0476. The van der Waals surface area contributed by atoms with Gasteiger partial charge < -0.3 is 0 Å². The summed E-state index contributed by atoms with van der Waals surface area (Å²) in [6, 6.07) is 4.80. The summed E-state index contributed by atoms with van der Waals surface area (Å²) in [5.41, 5.74) is 0.783. The maximum Gasteiger partial charge on any atom is 0.308 e. The zero-order chi connectivity index (χ0) is 16.5. The molecule has 2 aromatic rings. The molecule has 0 aliphatic heterocycles. The van der Waals surface area contributed by atoms with Gasteiger partial charge in [-0.15, -0.1) is 0 Å². The highest BCUT2D eigenvalue weighted by atomic mass is 32.2. The highest BCUT2D eigenvalue weighted by Crippen LogP contribution is 2.24. The minimum Gasteiger partial charge on any atom is -0.296 e. The van der Waals surface area contributed by atoms with Crippen molar-refractivity contribution in [2.45, 2.75) is 57.5 Å². The van der Waals surface area contributed by atoms with Gasteiger partial charge in [0.25, 0.3) is 0 Å². The Hall–Kier alpha value is -1.18. The SMILES string of the molecule is CCC[C@@H](C)NS(=O)(=O)c1ccc2c(c1)sc(=O)n2C(C)C. The van der Waals surface area contributed by atoms with Gasteiger partial charge in [-0.2, -0.15) is 0 Å². The van der Waals surface area contributed by atoms with E-state index in [-0.39, 0.29) is 21.9 Å². The topological polar surface area (TPSA) is 68.2 Å².